The summed E-state index contributed by atoms with van der Waals surface area (Å²) < 4.78 is 0. The molecule has 0 saturated carbocycles. The molecule has 0 aliphatic carbocycles. The number of aromatic amines is 1. The van der Waals surface area contributed by atoms with Crippen molar-refractivity contribution in [1.29, 1.82) is 0 Å². The Kier molecular flexibility index (Phi) is 5.87. The van der Waals surface area contributed by atoms with Gasteiger partial charge in [-0.15, -0.1) is 0 Å². The van der Waals surface area contributed by atoms with E-state index in [0.717, 1.165) is 29.4 Å². The van der Waals surface area contributed by atoms with Crippen molar-refractivity contribution in [2.75, 3.05) is 19.6 Å². The number of nitrogens with zero attached hydrogens (tertiary/aromatic N) is 2. The van der Waals surface area contributed by atoms with E-state index in [9.17, 15) is 0 Å². The van der Waals surface area contributed by atoms with Crippen molar-refractivity contribution in [3.05, 3.63) is 76.9 Å². The van der Waals surface area contributed by atoms with Crippen molar-refractivity contribution >= 4 is 11.6 Å². The molecule has 27 heavy (non-hydrogen) atoms. The maximum atomic E-state index is 6.01. The number of halogens is 1. The van der Waals surface area contributed by atoms with Crippen LogP contribution in [-0.2, 0) is 6.54 Å². The lowest BCUT2D eigenvalue weighted by atomic mass is 10.0. The molecule has 140 valence electrons. The van der Waals surface area contributed by atoms with E-state index in [0.29, 0.717) is 6.04 Å². The average molecular weight is 381 g/mol. The van der Waals surface area contributed by atoms with Gasteiger partial charge in [0.25, 0.3) is 0 Å². The fourth-order valence-corrected chi connectivity index (χ4v) is 3.97. The Labute approximate surface area is 165 Å². The average Bonchev–Trinajstić information content (AvgIpc) is 3.39. The van der Waals surface area contributed by atoms with Crippen molar-refractivity contribution in [3.8, 4) is 11.3 Å². The molecular weight excluding hydrogens is 356 g/mol. The van der Waals surface area contributed by atoms with Crippen molar-refractivity contribution in [1.82, 2.24) is 20.4 Å². The summed E-state index contributed by atoms with van der Waals surface area (Å²) in [6, 6.07) is 19.1. The van der Waals surface area contributed by atoms with Gasteiger partial charge in [-0.25, -0.2) is 0 Å². The number of aromatic nitrogens is 2. The molecule has 0 spiro atoms. The van der Waals surface area contributed by atoms with Gasteiger partial charge in [0.2, 0.25) is 0 Å². The third-order valence-corrected chi connectivity index (χ3v) is 5.52. The summed E-state index contributed by atoms with van der Waals surface area (Å²) in [5.41, 5.74) is 4.71. The summed E-state index contributed by atoms with van der Waals surface area (Å²) >= 11 is 6.01. The highest BCUT2D eigenvalue weighted by atomic mass is 35.5. The molecule has 1 fully saturated rings. The monoisotopic (exact) mass is 380 g/mol. The van der Waals surface area contributed by atoms with Gasteiger partial charge < -0.3 is 5.32 Å². The van der Waals surface area contributed by atoms with Crippen LogP contribution < -0.4 is 5.32 Å². The van der Waals surface area contributed by atoms with Crippen molar-refractivity contribution in [2.45, 2.75) is 25.4 Å². The Bertz CT molecular complexity index is 838. The molecule has 1 aliphatic rings. The van der Waals surface area contributed by atoms with Crippen molar-refractivity contribution in [3.63, 3.8) is 0 Å². The highest BCUT2D eigenvalue weighted by molar-refractivity contribution is 6.30. The van der Waals surface area contributed by atoms with Crippen LogP contribution in [0.15, 0.2) is 60.8 Å². The quantitative estimate of drug-likeness (QED) is 0.626. The lowest BCUT2D eigenvalue weighted by Gasteiger charge is -2.28. The molecule has 2 heterocycles. The number of benzene rings is 2. The standard InChI is InChI=1S/C22H25ClN4/c23-20-10-8-18(9-11-20)22-19(15-25-26-22)14-24-16-21(27-12-4-5-13-27)17-6-2-1-3-7-17/h1-3,6-11,15,21,24H,4-5,12-14,16H2,(H,25,26)/t21-/m1/s1. The predicted molar refractivity (Wildman–Crippen MR) is 111 cm³/mol. The zero-order valence-electron chi connectivity index (χ0n) is 15.4. The minimum atomic E-state index is 0.416. The molecule has 0 bridgehead atoms. The highest BCUT2D eigenvalue weighted by Gasteiger charge is 2.23. The molecule has 0 radical (unpaired) electrons. The van der Waals surface area contributed by atoms with Gasteiger partial charge in [0.15, 0.2) is 0 Å². The summed E-state index contributed by atoms with van der Waals surface area (Å²) in [7, 11) is 0. The van der Waals surface area contributed by atoms with Crippen molar-refractivity contribution < 1.29 is 0 Å². The second-order valence-electron chi connectivity index (χ2n) is 7.08. The van der Waals surface area contributed by atoms with Crippen LogP contribution in [0.2, 0.25) is 5.02 Å². The largest absolute Gasteiger partial charge is 0.311 e. The number of hydrogen-bond acceptors (Lipinski definition) is 3. The lowest BCUT2D eigenvalue weighted by molar-refractivity contribution is 0.238. The van der Waals surface area contributed by atoms with E-state index in [-0.39, 0.29) is 0 Å². The lowest BCUT2D eigenvalue weighted by Crippen LogP contribution is -2.34. The van der Waals surface area contributed by atoms with Gasteiger partial charge >= 0.3 is 0 Å². The van der Waals surface area contributed by atoms with Crippen LogP contribution in [0.1, 0.15) is 30.0 Å². The summed E-state index contributed by atoms with van der Waals surface area (Å²) in [5, 5.41) is 11.8. The van der Waals surface area contributed by atoms with E-state index >= 15 is 0 Å². The number of rotatable bonds is 7. The smallest absolute Gasteiger partial charge is 0.0695 e. The molecule has 0 unspecified atom stereocenters. The Morgan fingerprint density at radius 2 is 1.78 bits per heavy atom. The molecule has 2 N–H and O–H groups in total. The zero-order valence-corrected chi connectivity index (χ0v) is 16.1. The molecule has 1 aromatic heterocycles. The van der Waals surface area contributed by atoms with E-state index in [4.69, 9.17) is 11.6 Å². The Morgan fingerprint density at radius 3 is 2.52 bits per heavy atom. The number of hydrogen-bond donors (Lipinski definition) is 2. The summed E-state index contributed by atoms with van der Waals surface area (Å²) in [5.74, 6) is 0. The third kappa shape index (κ3) is 4.41. The first kappa shape index (κ1) is 18.2. The molecule has 1 atom stereocenters. The van der Waals surface area contributed by atoms with Crippen LogP contribution in [-0.4, -0.2) is 34.7 Å². The maximum Gasteiger partial charge on any atom is 0.0695 e. The van der Waals surface area contributed by atoms with Gasteiger partial charge in [-0.1, -0.05) is 54.1 Å². The second kappa shape index (κ2) is 8.70. The molecule has 1 aliphatic heterocycles. The molecule has 3 aromatic rings. The van der Waals surface area contributed by atoms with Gasteiger partial charge in [-0.3, -0.25) is 10.00 Å². The third-order valence-electron chi connectivity index (χ3n) is 5.27. The normalized spacial score (nSPS) is 15.9. The minimum absolute atomic E-state index is 0.416. The van der Waals surface area contributed by atoms with E-state index < -0.39 is 0 Å². The zero-order chi connectivity index (χ0) is 18.5. The van der Waals surface area contributed by atoms with E-state index in [1.54, 1.807) is 0 Å². The highest BCUT2D eigenvalue weighted by Crippen LogP contribution is 2.26. The fourth-order valence-electron chi connectivity index (χ4n) is 3.84. The van der Waals surface area contributed by atoms with Crippen LogP contribution in [0, 0.1) is 0 Å². The molecule has 4 nitrogen and oxygen atoms in total. The number of nitrogens with one attached hydrogen (secondary N) is 2. The van der Waals surface area contributed by atoms with Crippen LogP contribution in [0.4, 0.5) is 0 Å². The second-order valence-corrected chi connectivity index (χ2v) is 7.51. The first-order chi connectivity index (χ1) is 13.3. The summed E-state index contributed by atoms with van der Waals surface area (Å²) in [6.07, 6.45) is 4.50. The number of H-pyrrole nitrogens is 1. The SMILES string of the molecule is Clc1ccc(-c2[nH]ncc2CNC[C@H](c2ccccc2)N2CCCC2)cc1. The van der Waals surface area contributed by atoms with Crippen LogP contribution in [0.3, 0.4) is 0 Å². The van der Waals surface area contributed by atoms with E-state index in [2.05, 4.69) is 50.7 Å². The summed E-state index contributed by atoms with van der Waals surface area (Å²) in [6.45, 7) is 4.08. The maximum absolute atomic E-state index is 6.01. The van der Waals surface area contributed by atoms with Crippen LogP contribution >= 0.6 is 11.6 Å². The number of likely N-dealkylation sites (tertiary alicyclic amines) is 1. The van der Waals surface area contributed by atoms with Gasteiger partial charge in [0.1, 0.15) is 0 Å². The topological polar surface area (TPSA) is 44.0 Å². The van der Waals surface area contributed by atoms with E-state index in [1.807, 2.05) is 30.5 Å². The first-order valence-electron chi connectivity index (χ1n) is 9.59. The molecule has 1 saturated heterocycles. The van der Waals surface area contributed by atoms with Crippen molar-refractivity contribution in [2.24, 2.45) is 0 Å². The van der Waals surface area contributed by atoms with Gasteiger partial charge in [0.05, 0.1) is 11.9 Å². The molecule has 4 rings (SSSR count). The van der Waals surface area contributed by atoms with Crippen LogP contribution in [0.5, 0.6) is 0 Å². The van der Waals surface area contributed by atoms with Gasteiger partial charge in [-0.2, -0.15) is 5.10 Å². The minimum Gasteiger partial charge on any atom is -0.311 e. The molecule has 2 aromatic carbocycles. The van der Waals surface area contributed by atoms with Crippen LogP contribution in [0.25, 0.3) is 11.3 Å². The fraction of sp³-hybridized carbons (Fsp3) is 0.318. The molecule has 0 amide bonds. The van der Waals surface area contributed by atoms with Gasteiger partial charge in [0, 0.05) is 29.7 Å². The van der Waals surface area contributed by atoms with Gasteiger partial charge in [-0.05, 0) is 49.2 Å². The first-order valence-corrected chi connectivity index (χ1v) is 9.97. The molecular formula is C22H25ClN4. The Morgan fingerprint density at radius 1 is 1.04 bits per heavy atom. The summed E-state index contributed by atoms with van der Waals surface area (Å²) in [4.78, 5) is 2.60. The Balaban J connectivity index is 1.44. The predicted octanol–water partition coefficient (Wildman–Crippen LogP) is 4.66. The Hall–Kier alpha value is -2.14. The van der Waals surface area contributed by atoms with E-state index in [1.165, 1.54) is 37.1 Å². The molecule has 5 heteroatoms.